The minimum Gasteiger partial charge on any atom is -0.351 e. The van der Waals surface area contributed by atoms with Crippen molar-refractivity contribution < 1.29 is 9.18 Å². The van der Waals surface area contributed by atoms with Gasteiger partial charge in [-0.3, -0.25) is 4.79 Å². The number of nitrogens with one attached hydrogen (secondary N) is 2. The van der Waals surface area contributed by atoms with Gasteiger partial charge in [0.25, 0.3) is 0 Å². The first-order valence-electron chi connectivity index (χ1n) is 8.40. The topological polar surface area (TPSA) is 59.0 Å². The number of carbonyl (C=O) groups excluding carboxylic acids is 1. The van der Waals surface area contributed by atoms with Gasteiger partial charge in [0, 0.05) is 37.9 Å². The van der Waals surface area contributed by atoms with Crippen LogP contribution in [0.15, 0.2) is 36.7 Å². The first kappa shape index (κ1) is 16.6. The third-order valence-corrected chi connectivity index (χ3v) is 4.51. The van der Waals surface area contributed by atoms with Crippen LogP contribution in [0.4, 0.5) is 4.39 Å². The molecule has 2 aromatic rings. The Hall–Kier alpha value is -2.21. The fraction of sp³-hybridized carbons (Fsp3) is 0.444. The minimum absolute atomic E-state index is 0.0570. The third-order valence-electron chi connectivity index (χ3n) is 4.51. The molecule has 1 aliphatic heterocycles. The van der Waals surface area contributed by atoms with Crippen LogP contribution < -0.4 is 10.6 Å². The third kappa shape index (κ3) is 4.00. The Kier molecular flexibility index (Phi) is 5.25. The number of rotatable bonds is 6. The van der Waals surface area contributed by atoms with Crippen LogP contribution >= 0.6 is 0 Å². The molecule has 3 rings (SSSR count). The van der Waals surface area contributed by atoms with Crippen LogP contribution in [-0.4, -0.2) is 28.0 Å². The van der Waals surface area contributed by atoms with Gasteiger partial charge >= 0.3 is 0 Å². The molecule has 1 aromatic heterocycles. The molecule has 0 spiro atoms. The summed E-state index contributed by atoms with van der Waals surface area (Å²) in [5.74, 6) is 1.12. The Morgan fingerprint density at radius 3 is 3.00 bits per heavy atom. The molecule has 2 heterocycles. The first-order valence-corrected chi connectivity index (χ1v) is 8.40. The van der Waals surface area contributed by atoms with Crippen molar-refractivity contribution in [3.63, 3.8) is 0 Å². The van der Waals surface area contributed by atoms with Gasteiger partial charge < -0.3 is 15.2 Å². The summed E-state index contributed by atoms with van der Waals surface area (Å²) in [6, 6.07) is 5.86. The zero-order valence-corrected chi connectivity index (χ0v) is 13.8. The van der Waals surface area contributed by atoms with E-state index in [1.54, 1.807) is 12.1 Å². The van der Waals surface area contributed by atoms with E-state index >= 15 is 0 Å². The number of amides is 1. The first-order chi connectivity index (χ1) is 11.6. The van der Waals surface area contributed by atoms with Gasteiger partial charge in [-0.2, -0.15) is 0 Å². The predicted octanol–water partition coefficient (Wildman–Crippen LogP) is 2.19. The number of fused-ring (bicyclic) bond motifs is 1. The number of hydrogen-bond acceptors (Lipinski definition) is 3. The highest BCUT2D eigenvalue weighted by Crippen LogP contribution is 2.24. The van der Waals surface area contributed by atoms with Crippen LogP contribution in [0.25, 0.3) is 0 Å². The molecule has 0 fully saturated rings. The fourth-order valence-corrected chi connectivity index (χ4v) is 3.06. The lowest BCUT2D eigenvalue weighted by molar-refractivity contribution is -0.122. The zero-order chi connectivity index (χ0) is 16.9. The Balaban J connectivity index is 1.46. The molecule has 5 nitrogen and oxygen atoms in total. The Bertz CT molecular complexity index is 683. The van der Waals surface area contributed by atoms with E-state index in [1.807, 2.05) is 19.3 Å². The number of halogens is 1. The van der Waals surface area contributed by atoms with E-state index in [1.165, 1.54) is 12.1 Å². The van der Waals surface area contributed by atoms with Crippen LogP contribution in [0.3, 0.4) is 0 Å². The summed E-state index contributed by atoms with van der Waals surface area (Å²) < 4.78 is 15.1. The van der Waals surface area contributed by atoms with E-state index in [2.05, 4.69) is 20.2 Å². The highest BCUT2D eigenvalue weighted by Gasteiger charge is 2.22. The number of aromatic nitrogens is 2. The second kappa shape index (κ2) is 7.57. The lowest BCUT2D eigenvalue weighted by Gasteiger charge is -2.25. The molecule has 1 amide bonds. The molecule has 2 unspecified atom stereocenters. The summed E-state index contributed by atoms with van der Waals surface area (Å²) >= 11 is 0. The molecule has 0 bridgehead atoms. The Morgan fingerprint density at radius 2 is 2.21 bits per heavy atom. The number of imidazole rings is 1. The van der Waals surface area contributed by atoms with Crippen LogP contribution in [-0.2, 0) is 17.9 Å². The van der Waals surface area contributed by atoms with Crippen LogP contribution in [0, 0.1) is 5.82 Å². The molecule has 6 heteroatoms. The molecule has 1 aliphatic rings. The maximum atomic E-state index is 12.9. The van der Waals surface area contributed by atoms with Crippen LogP contribution in [0.5, 0.6) is 0 Å². The van der Waals surface area contributed by atoms with Crippen molar-refractivity contribution >= 4 is 5.91 Å². The number of nitrogens with zero attached hydrogens (tertiary/aromatic N) is 2. The normalized spacial score (nSPS) is 18.0. The molecular weight excluding hydrogens is 307 g/mol. The molecule has 0 radical (unpaired) electrons. The average molecular weight is 330 g/mol. The van der Waals surface area contributed by atoms with Gasteiger partial charge in [0.1, 0.15) is 11.6 Å². The van der Waals surface area contributed by atoms with Crippen LogP contribution in [0.1, 0.15) is 37.1 Å². The average Bonchev–Trinajstić information content (AvgIpc) is 3.08. The second-order valence-corrected chi connectivity index (χ2v) is 6.29. The monoisotopic (exact) mass is 330 g/mol. The number of aryl methyl sites for hydroxylation is 1. The van der Waals surface area contributed by atoms with Crippen molar-refractivity contribution in [1.29, 1.82) is 0 Å². The summed E-state index contributed by atoms with van der Waals surface area (Å²) in [5.41, 5.74) is 0.881. The summed E-state index contributed by atoms with van der Waals surface area (Å²) in [6.07, 6.45) is 6.08. The fourth-order valence-electron chi connectivity index (χ4n) is 3.06. The molecule has 1 aromatic carbocycles. The van der Waals surface area contributed by atoms with E-state index in [0.717, 1.165) is 37.3 Å². The van der Waals surface area contributed by atoms with Gasteiger partial charge in [-0.15, -0.1) is 0 Å². The van der Waals surface area contributed by atoms with Crippen molar-refractivity contribution in [3.8, 4) is 0 Å². The number of hydrogen-bond donors (Lipinski definition) is 2. The van der Waals surface area contributed by atoms with E-state index in [9.17, 15) is 9.18 Å². The van der Waals surface area contributed by atoms with Gasteiger partial charge in [-0.25, -0.2) is 9.37 Å². The van der Waals surface area contributed by atoms with E-state index in [0.29, 0.717) is 12.5 Å². The largest absolute Gasteiger partial charge is 0.351 e. The Morgan fingerprint density at radius 1 is 1.42 bits per heavy atom. The smallest absolute Gasteiger partial charge is 0.237 e. The van der Waals surface area contributed by atoms with E-state index in [-0.39, 0.29) is 17.8 Å². The minimum atomic E-state index is -0.282. The van der Waals surface area contributed by atoms with Crippen molar-refractivity contribution in [1.82, 2.24) is 20.2 Å². The number of carbonyl (C=O) groups is 1. The summed E-state index contributed by atoms with van der Waals surface area (Å²) in [6.45, 7) is 4.02. The van der Waals surface area contributed by atoms with Gasteiger partial charge in [0.05, 0.1) is 6.04 Å². The van der Waals surface area contributed by atoms with Crippen LogP contribution in [0.2, 0.25) is 0 Å². The zero-order valence-electron chi connectivity index (χ0n) is 13.8. The van der Waals surface area contributed by atoms with E-state index < -0.39 is 0 Å². The maximum absolute atomic E-state index is 12.9. The number of benzene rings is 1. The quantitative estimate of drug-likeness (QED) is 0.854. The molecule has 24 heavy (non-hydrogen) atoms. The van der Waals surface area contributed by atoms with Gasteiger partial charge in [-0.1, -0.05) is 12.1 Å². The van der Waals surface area contributed by atoms with Gasteiger partial charge in [-0.05, 0) is 37.5 Å². The molecule has 2 N–H and O–H groups in total. The molecular formula is C18H23FN4O. The molecule has 2 atom stereocenters. The van der Waals surface area contributed by atoms with Gasteiger partial charge in [0.15, 0.2) is 0 Å². The highest BCUT2D eigenvalue weighted by atomic mass is 19.1. The molecule has 128 valence electrons. The van der Waals surface area contributed by atoms with Crippen molar-refractivity contribution in [2.45, 2.75) is 44.8 Å². The summed E-state index contributed by atoms with van der Waals surface area (Å²) in [4.78, 5) is 16.6. The summed E-state index contributed by atoms with van der Waals surface area (Å²) in [7, 11) is 0. The van der Waals surface area contributed by atoms with Gasteiger partial charge in [0.2, 0.25) is 5.91 Å². The lowest BCUT2D eigenvalue weighted by atomic mass is 9.98. The molecule has 0 saturated heterocycles. The lowest BCUT2D eigenvalue weighted by Crippen LogP contribution is -2.43. The van der Waals surface area contributed by atoms with Crippen molar-refractivity contribution in [3.05, 3.63) is 53.9 Å². The van der Waals surface area contributed by atoms with Crippen molar-refractivity contribution in [2.24, 2.45) is 0 Å². The molecule has 0 saturated carbocycles. The SMILES string of the molecule is CC(NCC1CCCn2ccnc21)C(=O)NCc1ccc(F)cc1. The second-order valence-electron chi connectivity index (χ2n) is 6.29. The predicted molar refractivity (Wildman–Crippen MR) is 89.9 cm³/mol. The standard InChI is InChI=1S/C18H23FN4O/c1-13(18(24)22-11-14-4-6-16(19)7-5-14)21-12-15-3-2-9-23-10-8-20-17(15)23/h4-8,10,13,15,21H,2-3,9,11-12H2,1H3,(H,22,24). The Labute approximate surface area is 141 Å². The highest BCUT2D eigenvalue weighted by molar-refractivity contribution is 5.81. The maximum Gasteiger partial charge on any atom is 0.237 e. The van der Waals surface area contributed by atoms with Crippen molar-refractivity contribution in [2.75, 3.05) is 6.54 Å². The molecule has 0 aliphatic carbocycles. The summed E-state index contributed by atoms with van der Waals surface area (Å²) in [5, 5.41) is 6.18. The van der Waals surface area contributed by atoms with E-state index in [4.69, 9.17) is 0 Å².